The summed E-state index contributed by atoms with van der Waals surface area (Å²) in [6, 6.07) is 5.38. The Hall–Kier alpha value is -0.960. The van der Waals surface area contributed by atoms with Gasteiger partial charge >= 0.3 is 0 Å². The highest BCUT2D eigenvalue weighted by atomic mass is 127. The van der Waals surface area contributed by atoms with Gasteiger partial charge in [0.2, 0.25) is 0 Å². The van der Waals surface area contributed by atoms with Crippen LogP contribution < -0.4 is 10.6 Å². The molecule has 0 spiro atoms. The normalized spacial score (nSPS) is 20.2. The van der Waals surface area contributed by atoms with E-state index in [1.54, 1.807) is 12.1 Å². The Balaban J connectivity index is 0.00000243. The fraction of sp³-hybridized carbons (Fsp3) is 0.526. The fourth-order valence-corrected chi connectivity index (χ4v) is 4.66. The molecule has 2 unspecified atom stereocenters. The lowest BCUT2D eigenvalue weighted by atomic mass is 10.1. The molecule has 1 aromatic carbocycles. The minimum absolute atomic E-state index is 0. The predicted molar refractivity (Wildman–Crippen MR) is 121 cm³/mol. The van der Waals surface area contributed by atoms with Crippen LogP contribution in [-0.4, -0.2) is 41.6 Å². The van der Waals surface area contributed by atoms with Gasteiger partial charge in [-0.2, -0.15) is 11.8 Å². The number of H-pyrrole nitrogens is 1. The molecule has 3 rings (SSSR count). The van der Waals surface area contributed by atoms with Crippen molar-refractivity contribution in [3.05, 3.63) is 35.8 Å². The Kier molecular flexibility index (Phi) is 8.53. The molecular formula is C19H28FIN4S. The summed E-state index contributed by atoms with van der Waals surface area (Å²) in [6.45, 7) is 2.99. The van der Waals surface area contributed by atoms with E-state index in [1.807, 2.05) is 13.2 Å². The van der Waals surface area contributed by atoms with E-state index in [4.69, 9.17) is 0 Å². The summed E-state index contributed by atoms with van der Waals surface area (Å²) in [5.41, 5.74) is 2.10. The molecule has 1 aliphatic carbocycles. The zero-order valence-electron chi connectivity index (χ0n) is 15.3. The van der Waals surface area contributed by atoms with Gasteiger partial charge in [-0.3, -0.25) is 4.99 Å². The number of aromatic amines is 1. The first-order chi connectivity index (χ1) is 12.2. The van der Waals surface area contributed by atoms with E-state index < -0.39 is 0 Å². The molecular weight excluding hydrogens is 462 g/mol. The maximum absolute atomic E-state index is 13.5. The molecule has 1 saturated carbocycles. The minimum atomic E-state index is -0.195. The van der Waals surface area contributed by atoms with Gasteiger partial charge in [-0.1, -0.05) is 6.92 Å². The first-order valence-corrected chi connectivity index (χ1v) is 10.1. The molecule has 0 amide bonds. The van der Waals surface area contributed by atoms with E-state index in [0.717, 1.165) is 40.6 Å². The van der Waals surface area contributed by atoms with Gasteiger partial charge in [0.05, 0.1) is 0 Å². The maximum Gasteiger partial charge on any atom is 0.191 e. The van der Waals surface area contributed by atoms with Crippen molar-refractivity contribution in [3.8, 4) is 0 Å². The Labute approximate surface area is 176 Å². The lowest BCUT2D eigenvalue weighted by Crippen LogP contribution is -2.43. The number of hydrogen-bond acceptors (Lipinski definition) is 2. The van der Waals surface area contributed by atoms with E-state index in [9.17, 15) is 4.39 Å². The number of benzene rings is 1. The summed E-state index contributed by atoms with van der Waals surface area (Å²) in [7, 11) is 1.81. The number of rotatable bonds is 6. The second-order valence-corrected chi connectivity index (χ2v) is 8.06. The van der Waals surface area contributed by atoms with Gasteiger partial charge in [0.1, 0.15) is 5.82 Å². The standard InChI is InChI=1S/C19H27FN4S.HI/c1-3-25-16-6-5-15(11-16)24-19(21-2)22-9-8-13-12-23-18-7-4-14(20)10-17(13)18;/h4,7,10,12,15-16,23H,3,5-6,8-9,11H2,1-2H3,(H2,21,22,24);1H. The molecule has 1 heterocycles. The summed E-state index contributed by atoms with van der Waals surface area (Å²) >= 11 is 2.06. The molecule has 144 valence electrons. The zero-order valence-corrected chi connectivity index (χ0v) is 18.5. The van der Waals surface area contributed by atoms with E-state index in [2.05, 4.69) is 39.3 Å². The third kappa shape index (κ3) is 5.52. The number of aliphatic imine (C=N–C) groups is 1. The fourth-order valence-electron chi connectivity index (χ4n) is 3.52. The highest BCUT2D eigenvalue weighted by Crippen LogP contribution is 2.29. The van der Waals surface area contributed by atoms with Gasteiger partial charge in [0.25, 0.3) is 0 Å². The van der Waals surface area contributed by atoms with Gasteiger partial charge < -0.3 is 15.6 Å². The molecule has 26 heavy (non-hydrogen) atoms. The van der Waals surface area contributed by atoms with Crippen molar-refractivity contribution < 1.29 is 4.39 Å². The van der Waals surface area contributed by atoms with E-state index in [-0.39, 0.29) is 29.8 Å². The molecule has 2 aromatic rings. The van der Waals surface area contributed by atoms with Crippen LogP contribution in [0.25, 0.3) is 10.9 Å². The number of nitrogens with one attached hydrogen (secondary N) is 3. The predicted octanol–water partition coefficient (Wildman–Crippen LogP) is 4.31. The Morgan fingerprint density at radius 1 is 1.38 bits per heavy atom. The molecule has 0 bridgehead atoms. The van der Waals surface area contributed by atoms with Crippen molar-refractivity contribution in [2.75, 3.05) is 19.3 Å². The number of aromatic nitrogens is 1. The van der Waals surface area contributed by atoms with Crippen LogP contribution in [-0.2, 0) is 6.42 Å². The molecule has 7 heteroatoms. The van der Waals surface area contributed by atoms with Crippen LogP contribution in [0.2, 0.25) is 0 Å². The van der Waals surface area contributed by atoms with Crippen LogP contribution in [0, 0.1) is 5.82 Å². The van der Waals surface area contributed by atoms with Crippen molar-refractivity contribution >= 4 is 52.6 Å². The number of fused-ring (bicyclic) bond motifs is 1. The van der Waals surface area contributed by atoms with Gasteiger partial charge in [-0.25, -0.2) is 4.39 Å². The molecule has 2 atom stereocenters. The summed E-state index contributed by atoms with van der Waals surface area (Å²) in [5, 5.41) is 8.66. The van der Waals surface area contributed by atoms with Gasteiger partial charge in [-0.05, 0) is 55.2 Å². The molecule has 0 radical (unpaired) electrons. The maximum atomic E-state index is 13.5. The summed E-state index contributed by atoms with van der Waals surface area (Å²) in [4.78, 5) is 7.54. The average molecular weight is 490 g/mol. The second-order valence-electron chi connectivity index (χ2n) is 6.48. The largest absolute Gasteiger partial charge is 0.361 e. The van der Waals surface area contributed by atoms with Crippen molar-refractivity contribution in [1.82, 2.24) is 15.6 Å². The topological polar surface area (TPSA) is 52.2 Å². The third-order valence-corrected chi connectivity index (χ3v) is 6.00. The summed E-state index contributed by atoms with van der Waals surface area (Å²) < 4.78 is 13.5. The number of nitrogens with zero attached hydrogens (tertiary/aromatic N) is 1. The quantitative estimate of drug-likeness (QED) is 0.322. The molecule has 1 aromatic heterocycles. The van der Waals surface area contributed by atoms with E-state index >= 15 is 0 Å². The molecule has 1 aliphatic rings. The van der Waals surface area contributed by atoms with Crippen molar-refractivity contribution in [1.29, 1.82) is 0 Å². The van der Waals surface area contributed by atoms with E-state index in [0.29, 0.717) is 6.04 Å². The smallest absolute Gasteiger partial charge is 0.191 e. The Morgan fingerprint density at radius 3 is 3.00 bits per heavy atom. The Morgan fingerprint density at radius 2 is 2.23 bits per heavy atom. The van der Waals surface area contributed by atoms with Crippen molar-refractivity contribution in [2.45, 2.75) is 43.9 Å². The third-order valence-electron chi connectivity index (χ3n) is 4.77. The molecule has 3 N–H and O–H groups in total. The number of halogens is 2. The lowest BCUT2D eigenvalue weighted by molar-refractivity contribution is 0.614. The second kappa shape index (κ2) is 10.4. The van der Waals surface area contributed by atoms with Crippen LogP contribution in [0.5, 0.6) is 0 Å². The minimum Gasteiger partial charge on any atom is -0.361 e. The van der Waals surface area contributed by atoms with Crippen molar-refractivity contribution in [2.24, 2.45) is 4.99 Å². The number of thioether (sulfide) groups is 1. The molecule has 4 nitrogen and oxygen atoms in total. The number of guanidine groups is 1. The molecule has 1 fully saturated rings. The first kappa shape index (κ1) is 21.3. The lowest BCUT2D eigenvalue weighted by Gasteiger charge is -2.17. The average Bonchev–Trinajstić information content (AvgIpc) is 3.21. The highest BCUT2D eigenvalue weighted by molar-refractivity contribution is 14.0. The van der Waals surface area contributed by atoms with Crippen LogP contribution in [0.4, 0.5) is 4.39 Å². The van der Waals surface area contributed by atoms with E-state index in [1.165, 1.54) is 31.1 Å². The van der Waals surface area contributed by atoms with Crippen LogP contribution in [0.3, 0.4) is 0 Å². The molecule has 0 aliphatic heterocycles. The van der Waals surface area contributed by atoms with Gasteiger partial charge in [0.15, 0.2) is 5.96 Å². The summed E-state index contributed by atoms with van der Waals surface area (Å²) in [6.07, 6.45) is 6.49. The summed E-state index contributed by atoms with van der Waals surface area (Å²) in [5.74, 6) is 1.85. The molecule has 0 saturated heterocycles. The SMILES string of the molecule is CCSC1CCC(NC(=NC)NCCc2c[nH]c3ccc(F)cc23)C1.I. The first-order valence-electron chi connectivity index (χ1n) is 9.04. The van der Waals surface area contributed by atoms with Crippen LogP contribution in [0.1, 0.15) is 31.7 Å². The monoisotopic (exact) mass is 490 g/mol. The Bertz CT molecular complexity index is 733. The van der Waals surface area contributed by atoms with Gasteiger partial charge in [0, 0.05) is 42.0 Å². The zero-order chi connectivity index (χ0) is 17.6. The van der Waals surface area contributed by atoms with Gasteiger partial charge in [-0.15, -0.1) is 24.0 Å². The van der Waals surface area contributed by atoms with Crippen LogP contribution in [0.15, 0.2) is 29.4 Å². The van der Waals surface area contributed by atoms with Crippen molar-refractivity contribution in [3.63, 3.8) is 0 Å². The number of hydrogen-bond donors (Lipinski definition) is 3. The highest BCUT2D eigenvalue weighted by Gasteiger charge is 2.25. The van der Waals surface area contributed by atoms with Crippen LogP contribution >= 0.6 is 35.7 Å².